The van der Waals surface area contributed by atoms with Crippen LogP contribution in [0.2, 0.25) is 0 Å². The molecule has 0 aromatic rings. The number of aliphatic hydroxyl groups excluding tert-OH is 1. The molecule has 5 heteroatoms. The maximum Gasteiger partial charge on any atom is 0.194 e. The molecule has 1 aliphatic rings. The van der Waals surface area contributed by atoms with E-state index in [9.17, 15) is 5.11 Å². The van der Waals surface area contributed by atoms with Crippen LogP contribution in [0.25, 0.3) is 0 Å². The van der Waals surface area contributed by atoms with Crippen molar-refractivity contribution in [2.24, 2.45) is 4.99 Å². The Morgan fingerprint density at radius 1 is 1.35 bits per heavy atom. The van der Waals surface area contributed by atoms with Gasteiger partial charge in [0.25, 0.3) is 0 Å². The number of aliphatic imine (C=N–C) groups is 1. The van der Waals surface area contributed by atoms with Gasteiger partial charge >= 0.3 is 0 Å². The van der Waals surface area contributed by atoms with E-state index in [2.05, 4.69) is 49.7 Å². The van der Waals surface area contributed by atoms with E-state index in [-0.39, 0.29) is 6.10 Å². The number of likely N-dealkylation sites (tertiary alicyclic amines) is 1. The Morgan fingerprint density at radius 3 is 2.45 bits per heavy atom. The van der Waals surface area contributed by atoms with E-state index in [1.54, 1.807) is 0 Å². The van der Waals surface area contributed by atoms with E-state index in [4.69, 9.17) is 4.99 Å². The van der Waals surface area contributed by atoms with E-state index in [0.717, 1.165) is 38.6 Å². The summed E-state index contributed by atoms with van der Waals surface area (Å²) in [5.74, 6) is 0.941. The predicted molar refractivity (Wildman–Crippen MR) is 85.2 cm³/mol. The SMILES string of the molecule is CCNC(=NCCN(C(C)C)C(C)C)N1CC[C@@H](O)C1. The van der Waals surface area contributed by atoms with Gasteiger partial charge in [0.2, 0.25) is 0 Å². The van der Waals surface area contributed by atoms with E-state index in [1.165, 1.54) is 0 Å². The first-order chi connectivity index (χ1) is 9.45. The lowest BCUT2D eigenvalue weighted by atomic mass is 10.2. The fourth-order valence-corrected chi connectivity index (χ4v) is 2.74. The first kappa shape index (κ1) is 17.2. The zero-order valence-corrected chi connectivity index (χ0v) is 13.8. The molecule has 0 saturated carbocycles. The molecule has 1 fully saturated rings. The molecule has 0 aliphatic carbocycles. The Labute approximate surface area is 124 Å². The summed E-state index contributed by atoms with van der Waals surface area (Å²) in [7, 11) is 0. The first-order valence-electron chi connectivity index (χ1n) is 7.92. The second-order valence-corrected chi connectivity index (χ2v) is 6.05. The Bertz CT molecular complexity index is 296. The van der Waals surface area contributed by atoms with Gasteiger partial charge in [0.1, 0.15) is 0 Å². The van der Waals surface area contributed by atoms with Crippen LogP contribution in [0, 0.1) is 0 Å². The molecular formula is C15H32N4O. The summed E-state index contributed by atoms with van der Waals surface area (Å²) in [4.78, 5) is 9.32. The van der Waals surface area contributed by atoms with Crippen molar-refractivity contribution < 1.29 is 5.11 Å². The predicted octanol–water partition coefficient (Wildman–Crippen LogP) is 1.14. The van der Waals surface area contributed by atoms with Gasteiger partial charge in [-0.1, -0.05) is 0 Å². The molecule has 0 radical (unpaired) electrons. The summed E-state index contributed by atoms with van der Waals surface area (Å²) in [5.41, 5.74) is 0. The number of nitrogens with zero attached hydrogens (tertiary/aromatic N) is 3. The molecule has 20 heavy (non-hydrogen) atoms. The van der Waals surface area contributed by atoms with Crippen molar-refractivity contribution in [3.05, 3.63) is 0 Å². The van der Waals surface area contributed by atoms with Gasteiger partial charge in [0.05, 0.1) is 12.6 Å². The molecule has 1 aliphatic heterocycles. The molecule has 5 nitrogen and oxygen atoms in total. The topological polar surface area (TPSA) is 51.1 Å². The smallest absolute Gasteiger partial charge is 0.194 e. The highest BCUT2D eigenvalue weighted by molar-refractivity contribution is 5.80. The minimum absolute atomic E-state index is 0.207. The minimum Gasteiger partial charge on any atom is -0.391 e. The van der Waals surface area contributed by atoms with Crippen LogP contribution >= 0.6 is 0 Å². The number of guanidine groups is 1. The molecule has 0 unspecified atom stereocenters. The summed E-state index contributed by atoms with van der Waals surface area (Å²) in [6, 6.07) is 1.09. The van der Waals surface area contributed by atoms with Crippen LogP contribution in [0.3, 0.4) is 0 Å². The standard InChI is InChI=1S/C15H32N4O/c1-6-16-15(18-9-7-14(20)11-18)17-8-10-19(12(2)3)13(4)5/h12-14,20H,6-11H2,1-5H3,(H,16,17)/t14-/m1/s1. The number of nitrogens with one attached hydrogen (secondary N) is 1. The lowest BCUT2D eigenvalue weighted by Gasteiger charge is -2.30. The van der Waals surface area contributed by atoms with Crippen LogP contribution in [0.4, 0.5) is 0 Å². The van der Waals surface area contributed by atoms with E-state index < -0.39 is 0 Å². The lowest BCUT2D eigenvalue weighted by Crippen LogP contribution is -2.42. The molecule has 1 atom stereocenters. The van der Waals surface area contributed by atoms with Crippen molar-refractivity contribution in [3.63, 3.8) is 0 Å². The molecule has 2 N–H and O–H groups in total. The summed E-state index contributed by atoms with van der Waals surface area (Å²) < 4.78 is 0. The van der Waals surface area contributed by atoms with Crippen LogP contribution in [-0.4, -0.2) is 71.8 Å². The Balaban J connectivity index is 2.54. The molecule has 1 heterocycles. The molecule has 0 aromatic heterocycles. The summed E-state index contributed by atoms with van der Waals surface area (Å²) in [6.45, 7) is 15.2. The number of hydrogen-bond acceptors (Lipinski definition) is 3. The molecule has 0 amide bonds. The fraction of sp³-hybridized carbons (Fsp3) is 0.933. The van der Waals surface area contributed by atoms with Crippen molar-refractivity contribution >= 4 is 5.96 Å². The van der Waals surface area contributed by atoms with Crippen LogP contribution < -0.4 is 5.32 Å². The van der Waals surface area contributed by atoms with Gasteiger partial charge in [0.15, 0.2) is 5.96 Å². The summed E-state index contributed by atoms with van der Waals surface area (Å²) in [6.07, 6.45) is 0.635. The van der Waals surface area contributed by atoms with Crippen LogP contribution in [0.5, 0.6) is 0 Å². The van der Waals surface area contributed by atoms with E-state index in [0.29, 0.717) is 18.6 Å². The maximum atomic E-state index is 9.64. The zero-order chi connectivity index (χ0) is 15.1. The molecule has 118 valence electrons. The van der Waals surface area contributed by atoms with Gasteiger partial charge < -0.3 is 15.3 Å². The lowest BCUT2D eigenvalue weighted by molar-refractivity contribution is 0.180. The highest BCUT2D eigenvalue weighted by Crippen LogP contribution is 2.09. The molecular weight excluding hydrogens is 252 g/mol. The van der Waals surface area contributed by atoms with Gasteiger partial charge in [-0.15, -0.1) is 0 Å². The maximum absolute atomic E-state index is 9.64. The average Bonchev–Trinajstić information content (AvgIpc) is 2.78. The highest BCUT2D eigenvalue weighted by atomic mass is 16.3. The molecule has 1 saturated heterocycles. The van der Waals surface area contributed by atoms with Gasteiger partial charge in [-0.05, 0) is 41.0 Å². The number of hydrogen-bond donors (Lipinski definition) is 2. The van der Waals surface area contributed by atoms with Crippen molar-refractivity contribution in [2.45, 2.75) is 59.2 Å². The van der Waals surface area contributed by atoms with Gasteiger partial charge in [-0.25, -0.2) is 0 Å². The second kappa shape index (κ2) is 8.47. The Hall–Kier alpha value is -0.810. The third-order valence-electron chi connectivity index (χ3n) is 3.74. The van der Waals surface area contributed by atoms with E-state index >= 15 is 0 Å². The van der Waals surface area contributed by atoms with Crippen molar-refractivity contribution in [1.82, 2.24) is 15.1 Å². The monoisotopic (exact) mass is 284 g/mol. The zero-order valence-electron chi connectivity index (χ0n) is 13.8. The molecule has 0 bridgehead atoms. The number of aliphatic hydroxyl groups is 1. The Kier molecular flexibility index (Phi) is 7.30. The van der Waals surface area contributed by atoms with Crippen LogP contribution in [0.15, 0.2) is 4.99 Å². The number of β-amino-alcohol motifs (C(OH)–C–C–N with tert-alkyl or cyclic N) is 1. The van der Waals surface area contributed by atoms with Crippen molar-refractivity contribution in [3.8, 4) is 0 Å². The summed E-state index contributed by atoms with van der Waals surface area (Å²) in [5, 5.41) is 13.0. The third-order valence-corrected chi connectivity index (χ3v) is 3.74. The normalized spacial score (nSPS) is 20.6. The molecule has 0 aromatic carbocycles. The second-order valence-electron chi connectivity index (χ2n) is 6.05. The van der Waals surface area contributed by atoms with Gasteiger partial charge in [-0.3, -0.25) is 9.89 Å². The van der Waals surface area contributed by atoms with Gasteiger partial charge in [0, 0.05) is 38.3 Å². The average molecular weight is 284 g/mol. The van der Waals surface area contributed by atoms with E-state index in [1.807, 2.05) is 0 Å². The molecule has 0 spiro atoms. The van der Waals surface area contributed by atoms with Crippen molar-refractivity contribution in [2.75, 3.05) is 32.7 Å². The van der Waals surface area contributed by atoms with Crippen LogP contribution in [-0.2, 0) is 0 Å². The third kappa shape index (κ3) is 5.29. The van der Waals surface area contributed by atoms with Crippen LogP contribution in [0.1, 0.15) is 41.0 Å². The summed E-state index contributed by atoms with van der Waals surface area (Å²) >= 11 is 0. The fourth-order valence-electron chi connectivity index (χ4n) is 2.74. The van der Waals surface area contributed by atoms with Crippen molar-refractivity contribution in [1.29, 1.82) is 0 Å². The van der Waals surface area contributed by atoms with Gasteiger partial charge in [-0.2, -0.15) is 0 Å². The highest BCUT2D eigenvalue weighted by Gasteiger charge is 2.22. The Morgan fingerprint density at radius 2 is 2.00 bits per heavy atom. The largest absolute Gasteiger partial charge is 0.391 e. The quantitative estimate of drug-likeness (QED) is 0.567. The molecule has 1 rings (SSSR count). The first-order valence-corrected chi connectivity index (χ1v) is 7.92. The minimum atomic E-state index is -0.207. The number of rotatable bonds is 6.